The van der Waals surface area contributed by atoms with E-state index in [1.165, 1.54) is 0 Å². The summed E-state index contributed by atoms with van der Waals surface area (Å²) in [6, 6.07) is 13.2. The van der Waals surface area contributed by atoms with Crippen LogP contribution in [0.2, 0.25) is 0 Å². The molecular formula is C14H15NO2. The van der Waals surface area contributed by atoms with Crippen LogP contribution in [-0.4, -0.2) is 7.11 Å². The molecule has 0 heterocycles. The number of para-hydroxylation sites is 1. The van der Waals surface area contributed by atoms with Crippen LogP contribution < -0.4 is 15.2 Å². The van der Waals surface area contributed by atoms with Crippen LogP contribution in [0.25, 0.3) is 0 Å². The molecule has 3 nitrogen and oxygen atoms in total. The summed E-state index contributed by atoms with van der Waals surface area (Å²) in [6.07, 6.45) is 0. The second kappa shape index (κ2) is 4.78. The third kappa shape index (κ3) is 2.50. The van der Waals surface area contributed by atoms with E-state index in [1.54, 1.807) is 19.2 Å². The van der Waals surface area contributed by atoms with Gasteiger partial charge in [0.1, 0.15) is 17.2 Å². The van der Waals surface area contributed by atoms with Gasteiger partial charge in [-0.2, -0.15) is 0 Å². The molecule has 0 saturated carbocycles. The summed E-state index contributed by atoms with van der Waals surface area (Å²) >= 11 is 0. The highest BCUT2D eigenvalue weighted by atomic mass is 16.5. The van der Waals surface area contributed by atoms with Crippen molar-refractivity contribution in [2.45, 2.75) is 6.92 Å². The molecule has 0 radical (unpaired) electrons. The zero-order valence-electron chi connectivity index (χ0n) is 9.94. The molecule has 0 fully saturated rings. The number of aryl methyl sites for hydroxylation is 1. The van der Waals surface area contributed by atoms with Crippen molar-refractivity contribution in [1.29, 1.82) is 0 Å². The van der Waals surface area contributed by atoms with Crippen LogP contribution in [0.4, 0.5) is 5.69 Å². The van der Waals surface area contributed by atoms with Gasteiger partial charge in [0.05, 0.1) is 12.8 Å². The fourth-order valence-corrected chi connectivity index (χ4v) is 1.55. The normalized spacial score (nSPS) is 10.0. The predicted molar refractivity (Wildman–Crippen MR) is 68.7 cm³/mol. The highest BCUT2D eigenvalue weighted by Crippen LogP contribution is 2.30. The van der Waals surface area contributed by atoms with Crippen LogP contribution in [-0.2, 0) is 0 Å². The summed E-state index contributed by atoms with van der Waals surface area (Å²) in [7, 11) is 1.59. The molecule has 2 aromatic carbocycles. The van der Waals surface area contributed by atoms with Gasteiger partial charge in [-0.05, 0) is 30.7 Å². The highest BCUT2D eigenvalue weighted by molar-refractivity contribution is 5.56. The van der Waals surface area contributed by atoms with E-state index >= 15 is 0 Å². The Balaban J connectivity index is 2.28. The zero-order valence-corrected chi connectivity index (χ0v) is 9.94. The molecule has 0 atom stereocenters. The summed E-state index contributed by atoms with van der Waals surface area (Å²) in [5.41, 5.74) is 7.43. The highest BCUT2D eigenvalue weighted by Gasteiger charge is 2.04. The Labute approximate surface area is 101 Å². The maximum Gasteiger partial charge on any atom is 0.145 e. The monoisotopic (exact) mass is 229 g/mol. The zero-order chi connectivity index (χ0) is 12.3. The van der Waals surface area contributed by atoms with E-state index in [2.05, 4.69) is 0 Å². The number of nitrogen functional groups attached to an aromatic ring is 1. The Hall–Kier alpha value is -2.16. The number of methoxy groups -OCH3 is 1. The number of hydrogen-bond acceptors (Lipinski definition) is 3. The molecule has 88 valence electrons. The van der Waals surface area contributed by atoms with Gasteiger partial charge < -0.3 is 15.2 Å². The van der Waals surface area contributed by atoms with Gasteiger partial charge in [0, 0.05) is 6.07 Å². The van der Waals surface area contributed by atoms with Crippen molar-refractivity contribution >= 4 is 5.69 Å². The second-order valence-corrected chi connectivity index (χ2v) is 3.77. The molecule has 0 aliphatic rings. The molecule has 2 aromatic rings. The first kappa shape index (κ1) is 11.3. The maximum absolute atomic E-state index is 5.77. The molecule has 3 heteroatoms. The van der Waals surface area contributed by atoms with Crippen molar-refractivity contribution < 1.29 is 9.47 Å². The van der Waals surface area contributed by atoms with Gasteiger partial charge in [-0.25, -0.2) is 0 Å². The van der Waals surface area contributed by atoms with Gasteiger partial charge in [-0.1, -0.05) is 18.2 Å². The van der Waals surface area contributed by atoms with Crippen LogP contribution in [0.3, 0.4) is 0 Å². The summed E-state index contributed by atoms with van der Waals surface area (Å²) in [6.45, 7) is 2.00. The lowest BCUT2D eigenvalue weighted by Gasteiger charge is -2.10. The molecule has 0 saturated heterocycles. The lowest BCUT2D eigenvalue weighted by Crippen LogP contribution is -1.93. The first-order valence-corrected chi connectivity index (χ1v) is 5.37. The molecule has 0 aromatic heterocycles. The van der Waals surface area contributed by atoms with Crippen LogP contribution >= 0.6 is 0 Å². The van der Waals surface area contributed by atoms with Gasteiger partial charge in [0.25, 0.3) is 0 Å². The third-order valence-electron chi connectivity index (χ3n) is 2.53. The number of rotatable bonds is 3. The Morgan fingerprint density at radius 2 is 1.76 bits per heavy atom. The lowest BCUT2D eigenvalue weighted by atomic mass is 10.2. The molecule has 0 amide bonds. The van der Waals surface area contributed by atoms with E-state index in [9.17, 15) is 0 Å². The molecule has 2 rings (SSSR count). The Morgan fingerprint density at radius 3 is 2.47 bits per heavy atom. The van der Waals surface area contributed by atoms with Gasteiger partial charge in [-0.15, -0.1) is 0 Å². The van der Waals surface area contributed by atoms with Gasteiger partial charge in [-0.3, -0.25) is 0 Å². The molecule has 2 N–H and O–H groups in total. The fourth-order valence-electron chi connectivity index (χ4n) is 1.55. The Morgan fingerprint density at radius 1 is 1.00 bits per heavy atom. The van der Waals surface area contributed by atoms with Crippen LogP contribution in [0.15, 0.2) is 42.5 Å². The molecular weight excluding hydrogens is 214 g/mol. The van der Waals surface area contributed by atoms with E-state index in [-0.39, 0.29) is 0 Å². The van der Waals surface area contributed by atoms with E-state index in [1.807, 2.05) is 37.3 Å². The van der Waals surface area contributed by atoms with Crippen molar-refractivity contribution in [1.82, 2.24) is 0 Å². The van der Waals surface area contributed by atoms with E-state index in [0.29, 0.717) is 17.2 Å². The summed E-state index contributed by atoms with van der Waals surface area (Å²) in [5.74, 6) is 2.17. The Kier molecular flexibility index (Phi) is 3.19. The topological polar surface area (TPSA) is 44.5 Å². The second-order valence-electron chi connectivity index (χ2n) is 3.77. The van der Waals surface area contributed by atoms with Crippen LogP contribution in [0.5, 0.6) is 17.2 Å². The largest absolute Gasteiger partial charge is 0.494 e. The van der Waals surface area contributed by atoms with Crippen molar-refractivity contribution in [3.63, 3.8) is 0 Å². The van der Waals surface area contributed by atoms with Gasteiger partial charge >= 0.3 is 0 Å². The van der Waals surface area contributed by atoms with Crippen LogP contribution in [0.1, 0.15) is 5.56 Å². The summed E-state index contributed by atoms with van der Waals surface area (Å²) < 4.78 is 10.9. The smallest absolute Gasteiger partial charge is 0.145 e. The molecule has 0 bridgehead atoms. The van der Waals surface area contributed by atoms with E-state index in [0.717, 1.165) is 11.3 Å². The number of nitrogens with two attached hydrogens (primary N) is 1. The number of hydrogen-bond donors (Lipinski definition) is 1. The average Bonchev–Trinajstić information content (AvgIpc) is 2.34. The third-order valence-corrected chi connectivity index (χ3v) is 2.53. The fraction of sp³-hybridized carbons (Fsp3) is 0.143. The maximum atomic E-state index is 5.77. The SMILES string of the molecule is COc1cc(Oc2ccccc2C)ccc1N. The first-order chi connectivity index (χ1) is 8.20. The van der Waals surface area contributed by atoms with Gasteiger partial charge in [0.15, 0.2) is 0 Å². The quantitative estimate of drug-likeness (QED) is 0.820. The van der Waals surface area contributed by atoms with E-state index in [4.69, 9.17) is 15.2 Å². The molecule has 0 aliphatic heterocycles. The summed E-state index contributed by atoms with van der Waals surface area (Å²) in [5, 5.41) is 0. The lowest BCUT2D eigenvalue weighted by molar-refractivity contribution is 0.411. The molecule has 0 spiro atoms. The van der Waals surface area contributed by atoms with Crippen molar-refractivity contribution in [2.75, 3.05) is 12.8 Å². The van der Waals surface area contributed by atoms with Crippen molar-refractivity contribution in [3.05, 3.63) is 48.0 Å². The van der Waals surface area contributed by atoms with E-state index < -0.39 is 0 Å². The number of anilines is 1. The average molecular weight is 229 g/mol. The number of ether oxygens (including phenoxy) is 2. The predicted octanol–water partition coefficient (Wildman–Crippen LogP) is 3.38. The Bertz CT molecular complexity index is 523. The first-order valence-electron chi connectivity index (χ1n) is 5.37. The van der Waals surface area contributed by atoms with Crippen molar-refractivity contribution in [2.24, 2.45) is 0 Å². The molecule has 17 heavy (non-hydrogen) atoms. The standard InChI is InChI=1S/C14H15NO2/c1-10-5-3-4-6-13(10)17-11-7-8-12(15)14(9-11)16-2/h3-9H,15H2,1-2H3. The van der Waals surface area contributed by atoms with Crippen molar-refractivity contribution in [3.8, 4) is 17.2 Å². The minimum absolute atomic E-state index is 0.602. The van der Waals surface area contributed by atoms with Gasteiger partial charge in [0.2, 0.25) is 0 Å². The molecule has 0 aliphatic carbocycles. The molecule has 0 unspecified atom stereocenters. The minimum atomic E-state index is 0.602. The van der Waals surface area contributed by atoms with Crippen LogP contribution in [0, 0.1) is 6.92 Å². The number of benzene rings is 2. The summed E-state index contributed by atoms with van der Waals surface area (Å²) in [4.78, 5) is 0. The minimum Gasteiger partial charge on any atom is -0.494 e.